The van der Waals surface area contributed by atoms with E-state index in [0.29, 0.717) is 5.92 Å². The van der Waals surface area contributed by atoms with Crippen molar-refractivity contribution in [2.24, 2.45) is 27.3 Å². The fourth-order valence-electron chi connectivity index (χ4n) is 5.15. The first-order chi connectivity index (χ1) is 6.69. The maximum atomic E-state index is 11.3. The van der Waals surface area contributed by atoms with E-state index in [1.807, 2.05) is 0 Å². The number of fused-ring (bicyclic) bond motifs is 1. The van der Waals surface area contributed by atoms with Crippen molar-refractivity contribution in [3.8, 4) is 0 Å². The Morgan fingerprint density at radius 3 is 2.47 bits per heavy atom. The quantitative estimate of drug-likeness (QED) is 0.706. The van der Waals surface area contributed by atoms with Gasteiger partial charge in [-0.25, -0.2) is 13.6 Å². The molecule has 3 aliphatic carbocycles. The van der Waals surface area contributed by atoms with E-state index in [2.05, 4.69) is 13.8 Å². The molecule has 3 N–H and O–H groups in total. The monoisotopic (exact) mass is 231 g/mol. The Balaban J connectivity index is 2.06. The zero-order valence-electron chi connectivity index (χ0n) is 9.03. The second-order valence-electron chi connectivity index (χ2n) is 5.97. The molecule has 3 rings (SSSR count). The molecule has 5 heteroatoms. The number of aliphatic hydroxyl groups excluding tert-OH is 1. The van der Waals surface area contributed by atoms with Crippen molar-refractivity contribution in [1.82, 2.24) is 0 Å². The molecule has 5 atom stereocenters. The number of hydrogen-bond acceptors (Lipinski definition) is 3. The van der Waals surface area contributed by atoms with Gasteiger partial charge in [-0.2, -0.15) is 0 Å². The molecule has 0 bridgehead atoms. The van der Waals surface area contributed by atoms with Gasteiger partial charge in [0.2, 0.25) is 10.0 Å². The van der Waals surface area contributed by atoms with E-state index in [0.717, 1.165) is 12.8 Å². The SMILES string of the molecule is CC12C[C@H]3C[C@@H](O)[C@]1(CS(N)(=O)=O)C32C. The third kappa shape index (κ3) is 0.726. The van der Waals surface area contributed by atoms with Crippen LogP contribution in [0.3, 0.4) is 0 Å². The van der Waals surface area contributed by atoms with E-state index >= 15 is 0 Å². The summed E-state index contributed by atoms with van der Waals surface area (Å²) >= 11 is 0. The van der Waals surface area contributed by atoms with E-state index in [1.54, 1.807) is 0 Å². The molecule has 86 valence electrons. The third-order valence-corrected chi connectivity index (χ3v) is 6.83. The Morgan fingerprint density at radius 1 is 1.47 bits per heavy atom. The van der Waals surface area contributed by atoms with Gasteiger partial charge in [0, 0.05) is 5.41 Å². The molecule has 4 nitrogen and oxygen atoms in total. The Kier molecular flexibility index (Phi) is 1.42. The molecule has 3 saturated carbocycles. The topological polar surface area (TPSA) is 80.4 Å². The highest BCUT2D eigenvalue weighted by Gasteiger charge is 2.95. The maximum Gasteiger partial charge on any atom is 0.209 e. The lowest BCUT2D eigenvalue weighted by Crippen LogP contribution is -2.39. The smallest absolute Gasteiger partial charge is 0.209 e. The van der Waals surface area contributed by atoms with Gasteiger partial charge in [-0.05, 0) is 29.6 Å². The highest BCUT2D eigenvalue weighted by Crippen LogP contribution is 2.96. The summed E-state index contributed by atoms with van der Waals surface area (Å²) in [5, 5.41) is 15.2. The lowest BCUT2D eigenvalue weighted by atomic mass is 9.64. The van der Waals surface area contributed by atoms with Crippen LogP contribution in [0, 0.1) is 22.2 Å². The Hall–Kier alpha value is -0.130. The summed E-state index contributed by atoms with van der Waals surface area (Å²) in [6, 6.07) is 0. The zero-order chi connectivity index (χ0) is 11.3. The van der Waals surface area contributed by atoms with E-state index in [9.17, 15) is 13.5 Å². The summed E-state index contributed by atoms with van der Waals surface area (Å²) in [6.45, 7) is 4.21. The van der Waals surface area contributed by atoms with Crippen molar-refractivity contribution in [2.75, 3.05) is 5.75 Å². The van der Waals surface area contributed by atoms with Crippen LogP contribution in [0.5, 0.6) is 0 Å². The van der Waals surface area contributed by atoms with Gasteiger partial charge in [0.1, 0.15) is 0 Å². The molecular formula is C10H17NO3S. The first kappa shape index (κ1) is 10.1. The van der Waals surface area contributed by atoms with E-state index in [4.69, 9.17) is 5.14 Å². The normalized spacial score (nSPS) is 61.1. The predicted octanol–water partition coefficient (Wildman–Crippen LogP) is 0.0720. The van der Waals surface area contributed by atoms with Crippen LogP contribution < -0.4 is 5.14 Å². The summed E-state index contributed by atoms with van der Waals surface area (Å²) < 4.78 is 22.6. The van der Waals surface area contributed by atoms with Crippen molar-refractivity contribution in [2.45, 2.75) is 32.8 Å². The van der Waals surface area contributed by atoms with Gasteiger partial charge in [0.05, 0.1) is 11.9 Å². The van der Waals surface area contributed by atoms with Gasteiger partial charge >= 0.3 is 0 Å². The Morgan fingerprint density at radius 2 is 2.07 bits per heavy atom. The summed E-state index contributed by atoms with van der Waals surface area (Å²) in [5.74, 6) is 0.448. The van der Waals surface area contributed by atoms with Gasteiger partial charge in [-0.15, -0.1) is 0 Å². The molecule has 0 spiro atoms. The molecule has 15 heavy (non-hydrogen) atoms. The Labute approximate surface area is 89.9 Å². The Bertz CT molecular complexity index is 446. The van der Waals surface area contributed by atoms with Crippen LogP contribution in [0.15, 0.2) is 0 Å². The standard InChI is InChI=1S/C10H17NO3S/c1-8-4-6-3-7(12)10(8,9(6,8)2)5-15(11,13)14/h6-7,12H,3-5H2,1-2H3,(H2,11,13,14)/t6-,7-,8?,9?,10+/m1/s1. The van der Waals surface area contributed by atoms with Crippen molar-refractivity contribution in [1.29, 1.82) is 0 Å². The fraction of sp³-hybridized carbons (Fsp3) is 1.00. The average molecular weight is 231 g/mol. The van der Waals surface area contributed by atoms with Crippen molar-refractivity contribution in [3.05, 3.63) is 0 Å². The predicted molar refractivity (Wildman–Crippen MR) is 55.4 cm³/mol. The molecule has 2 unspecified atom stereocenters. The van der Waals surface area contributed by atoms with Gasteiger partial charge in [-0.3, -0.25) is 0 Å². The molecule has 0 aromatic heterocycles. The summed E-state index contributed by atoms with van der Waals surface area (Å²) in [4.78, 5) is 0. The number of nitrogens with two attached hydrogens (primary N) is 1. The number of hydrogen-bond donors (Lipinski definition) is 2. The van der Waals surface area contributed by atoms with Crippen LogP contribution in [-0.2, 0) is 10.0 Å². The highest BCUT2D eigenvalue weighted by atomic mass is 32.2. The lowest BCUT2D eigenvalue weighted by Gasteiger charge is -2.41. The minimum absolute atomic E-state index is 0.00870. The molecule has 0 radical (unpaired) electrons. The highest BCUT2D eigenvalue weighted by molar-refractivity contribution is 7.89. The minimum atomic E-state index is -3.50. The van der Waals surface area contributed by atoms with Crippen LogP contribution in [0.1, 0.15) is 26.7 Å². The van der Waals surface area contributed by atoms with Crippen molar-refractivity contribution >= 4 is 10.0 Å². The van der Waals surface area contributed by atoms with Gasteiger partial charge < -0.3 is 5.11 Å². The summed E-state index contributed by atoms with van der Waals surface area (Å²) in [5.41, 5.74) is -0.418. The average Bonchev–Trinajstić information content (AvgIpc) is 2.25. The third-order valence-electron chi connectivity index (χ3n) is 5.97. The lowest BCUT2D eigenvalue weighted by molar-refractivity contribution is 0.0206. The van der Waals surface area contributed by atoms with Crippen molar-refractivity contribution < 1.29 is 13.5 Å². The van der Waals surface area contributed by atoms with Gasteiger partial charge in [0.25, 0.3) is 0 Å². The molecule has 0 amide bonds. The second kappa shape index (κ2) is 2.13. The second-order valence-corrected chi connectivity index (χ2v) is 7.58. The molecule has 3 aliphatic rings. The van der Waals surface area contributed by atoms with E-state index in [1.165, 1.54) is 0 Å². The number of rotatable bonds is 2. The number of sulfonamides is 1. The van der Waals surface area contributed by atoms with E-state index < -0.39 is 21.5 Å². The molecule has 0 aromatic rings. The molecule has 0 saturated heterocycles. The van der Waals surface area contributed by atoms with Crippen LogP contribution in [0.2, 0.25) is 0 Å². The van der Waals surface area contributed by atoms with Gasteiger partial charge in [-0.1, -0.05) is 13.8 Å². The molecular weight excluding hydrogens is 214 g/mol. The van der Waals surface area contributed by atoms with Gasteiger partial charge in [0.15, 0.2) is 0 Å². The van der Waals surface area contributed by atoms with Crippen LogP contribution >= 0.6 is 0 Å². The van der Waals surface area contributed by atoms with Crippen LogP contribution in [0.25, 0.3) is 0 Å². The van der Waals surface area contributed by atoms with Crippen molar-refractivity contribution in [3.63, 3.8) is 0 Å². The summed E-state index contributed by atoms with van der Waals surface area (Å²) in [6.07, 6.45) is 1.32. The largest absolute Gasteiger partial charge is 0.392 e. The first-order valence-electron chi connectivity index (χ1n) is 5.38. The van der Waals surface area contributed by atoms with E-state index in [-0.39, 0.29) is 16.6 Å². The molecule has 0 aromatic carbocycles. The molecule has 0 heterocycles. The first-order valence-corrected chi connectivity index (χ1v) is 7.09. The summed E-state index contributed by atoms with van der Waals surface area (Å²) in [7, 11) is -3.50. The molecule has 3 fully saturated rings. The molecule has 0 aliphatic heterocycles. The maximum absolute atomic E-state index is 11.3. The zero-order valence-corrected chi connectivity index (χ0v) is 9.84. The number of primary sulfonamides is 1. The number of aliphatic hydroxyl groups is 1. The van der Waals surface area contributed by atoms with Crippen LogP contribution in [-0.4, -0.2) is 25.4 Å². The minimum Gasteiger partial charge on any atom is -0.392 e. The van der Waals surface area contributed by atoms with Crippen LogP contribution in [0.4, 0.5) is 0 Å². The fourth-order valence-corrected chi connectivity index (χ4v) is 6.60.